The van der Waals surface area contributed by atoms with Gasteiger partial charge < -0.3 is 14.7 Å². The maximum atomic E-state index is 12.9. The lowest BCUT2D eigenvalue weighted by Gasteiger charge is -2.29. The van der Waals surface area contributed by atoms with Crippen LogP contribution in [0.2, 0.25) is 0 Å². The number of esters is 1. The van der Waals surface area contributed by atoms with Gasteiger partial charge in [-0.1, -0.05) is 30.3 Å². The molecule has 1 saturated heterocycles. The Kier molecular flexibility index (Phi) is 8.79. The van der Waals surface area contributed by atoms with Crippen molar-refractivity contribution in [1.82, 2.24) is 10.2 Å². The minimum Gasteiger partial charge on any atom is -0.480 e. The van der Waals surface area contributed by atoms with Crippen LogP contribution in [-0.4, -0.2) is 70.6 Å². The highest BCUT2D eigenvalue weighted by Crippen LogP contribution is 2.19. The monoisotopic (exact) mass is 408 g/mol. The fraction of sp³-hybridized carbons (Fsp3) is 0.550. The van der Waals surface area contributed by atoms with E-state index < -0.39 is 24.0 Å². The number of aryl methyl sites for hydroxylation is 1. The molecule has 7 nitrogen and oxygen atoms in total. The fourth-order valence-electron chi connectivity index (χ4n) is 3.14. The van der Waals surface area contributed by atoms with Gasteiger partial charge in [0.1, 0.15) is 12.6 Å². The van der Waals surface area contributed by atoms with Gasteiger partial charge >= 0.3 is 11.9 Å². The zero-order valence-corrected chi connectivity index (χ0v) is 17.1. The Morgan fingerprint density at radius 3 is 2.68 bits per heavy atom. The molecule has 8 heteroatoms. The number of carbonyl (C=O) groups excluding carboxylic acids is 2. The first-order valence-electron chi connectivity index (χ1n) is 9.49. The number of hydrogen-bond donors (Lipinski definition) is 2. The van der Waals surface area contributed by atoms with Crippen molar-refractivity contribution in [3.63, 3.8) is 0 Å². The first-order valence-corrected chi connectivity index (χ1v) is 10.6. The number of hydrogen-bond acceptors (Lipinski definition) is 6. The number of amides is 1. The van der Waals surface area contributed by atoms with Gasteiger partial charge in [-0.3, -0.25) is 19.7 Å². The summed E-state index contributed by atoms with van der Waals surface area (Å²) in [5.74, 6) is -0.574. The number of thioether (sulfide) groups is 1. The first-order chi connectivity index (χ1) is 13.4. The Hall–Kier alpha value is -2.06. The summed E-state index contributed by atoms with van der Waals surface area (Å²) in [4.78, 5) is 37.9. The standard InChI is InChI=1S/C20H28N2O5S/c1-3-27-20(26)16(10-9-15-7-5-4-6-8-15)21-17-13-28-12-14(2)22(19(17)25)11-18(23)24/h4-8,14,16-17,21H,3,9-13H2,1-2H3,(H,23,24)/t14?,16-,17?/m1/s1. The molecule has 0 saturated carbocycles. The largest absolute Gasteiger partial charge is 0.480 e. The quantitative estimate of drug-likeness (QED) is 0.599. The lowest BCUT2D eigenvalue weighted by atomic mass is 10.0. The van der Waals surface area contributed by atoms with Crippen LogP contribution in [-0.2, 0) is 25.5 Å². The van der Waals surface area contributed by atoms with Gasteiger partial charge in [0.05, 0.1) is 12.6 Å². The Balaban J connectivity index is 2.10. The van der Waals surface area contributed by atoms with E-state index in [2.05, 4.69) is 5.32 Å². The summed E-state index contributed by atoms with van der Waals surface area (Å²) in [6, 6.07) is 8.37. The number of carboxylic acid groups (broad SMARTS) is 1. The molecule has 1 fully saturated rings. The Bertz CT molecular complexity index is 670. The number of aliphatic carboxylic acids is 1. The van der Waals surface area contributed by atoms with E-state index in [4.69, 9.17) is 9.84 Å². The zero-order valence-electron chi connectivity index (χ0n) is 16.3. The van der Waals surface area contributed by atoms with Gasteiger partial charge in [0.15, 0.2) is 0 Å². The third-order valence-electron chi connectivity index (χ3n) is 4.60. The Morgan fingerprint density at radius 2 is 2.04 bits per heavy atom. The predicted molar refractivity (Wildman–Crippen MR) is 108 cm³/mol. The van der Waals surface area contributed by atoms with E-state index in [1.807, 2.05) is 37.3 Å². The molecule has 2 N–H and O–H groups in total. The summed E-state index contributed by atoms with van der Waals surface area (Å²) in [6.07, 6.45) is 1.16. The smallest absolute Gasteiger partial charge is 0.323 e. The van der Waals surface area contributed by atoms with Crippen LogP contribution in [0.15, 0.2) is 30.3 Å². The van der Waals surface area contributed by atoms with Gasteiger partial charge in [-0.15, -0.1) is 0 Å². The van der Waals surface area contributed by atoms with Gasteiger partial charge in [0.25, 0.3) is 0 Å². The summed E-state index contributed by atoms with van der Waals surface area (Å²) < 4.78 is 5.19. The van der Waals surface area contributed by atoms with Gasteiger partial charge in [0.2, 0.25) is 5.91 Å². The molecule has 1 aromatic carbocycles. The van der Waals surface area contributed by atoms with Crippen molar-refractivity contribution in [2.24, 2.45) is 0 Å². The maximum Gasteiger partial charge on any atom is 0.323 e. The van der Waals surface area contributed by atoms with E-state index in [0.29, 0.717) is 24.3 Å². The van der Waals surface area contributed by atoms with Crippen LogP contribution in [0, 0.1) is 0 Å². The molecule has 3 atom stereocenters. The van der Waals surface area contributed by atoms with Crippen molar-refractivity contribution in [3.05, 3.63) is 35.9 Å². The molecule has 0 aromatic heterocycles. The average Bonchev–Trinajstić information content (AvgIpc) is 2.79. The van der Waals surface area contributed by atoms with Gasteiger partial charge in [0, 0.05) is 17.5 Å². The minimum absolute atomic E-state index is 0.175. The summed E-state index contributed by atoms with van der Waals surface area (Å²) in [5.41, 5.74) is 1.10. The predicted octanol–water partition coefficient (Wildman–Crippen LogP) is 1.56. The van der Waals surface area contributed by atoms with Crippen LogP contribution in [0.1, 0.15) is 25.8 Å². The van der Waals surface area contributed by atoms with Crippen molar-refractivity contribution in [3.8, 4) is 0 Å². The molecule has 1 aliphatic heterocycles. The van der Waals surface area contributed by atoms with Gasteiger partial charge in [-0.05, 0) is 32.3 Å². The molecule has 2 rings (SSSR count). The SMILES string of the molecule is CCOC(=O)[C@@H](CCc1ccccc1)NC1CSCC(C)N(CC(=O)O)C1=O. The van der Waals surface area contributed by atoms with Crippen LogP contribution in [0.4, 0.5) is 0 Å². The molecule has 1 heterocycles. The third kappa shape index (κ3) is 6.53. The topological polar surface area (TPSA) is 95.9 Å². The van der Waals surface area contributed by atoms with Crippen molar-refractivity contribution in [2.45, 2.75) is 44.8 Å². The van der Waals surface area contributed by atoms with Crippen LogP contribution in [0.3, 0.4) is 0 Å². The van der Waals surface area contributed by atoms with Gasteiger partial charge in [-0.2, -0.15) is 11.8 Å². The molecular formula is C20H28N2O5S. The number of nitrogens with one attached hydrogen (secondary N) is 1. The highest BCUT2D eigenvalue weighted by molar-refractivity contribution is 7.99. The molecule has 154 valence electrons. The second-order valence-electron chi connectivity index (χ2n) is 6.79. The number of carboxylic acids is 1. The summed E-state index contributed by atoms with van der Waals surface area (Å²) >= 11 is 1.58. The number of rotatable bonds is 9. The number of benzene rings is 1. The van der Waals surface area contributed by atoms with Crippen molar-refractivity contribution >= 4 is 29.6 Å². The first kappa shape index (κ1) is 22.2. The number of ether oxygens (including phenoxy) is 1. The summed E-state index contributed by atoms with van der Waals surface area (Å²) in [5, 5.41) is 12.3. The van der Waals surface area contributed by atoms with Crippen molar-refractivity contribution < 1.29 is 24.2 Å². The second-order valence-corrected chi connectivity index (χ2v) is 7.87. The van der Waals surface area contributed by atoms with E-state index in [-0.39, 0.29) is 25.1 Å². The molecule has 1 aromatic rings. The summed E-state index contributed by atoms with van der Waals surface area (Å²) in [6.45, 7) is 3.51. The van der Waals surface area contributed by atoms with Gasteiger partial charge in [-0.25, -0.2) is 0 Å². The van der Waals surface area contributed by atoms with E-state index in [9.17, 15) is 14.4 Å². The average molecular weight is 409 g/mol. The van der Waals surface area contributed by atoms with Crippen LogP contribution >= 0.6 is 11.8 Å². The molecule has 0 bridgehead atoms. The Morgan fingerprint density at radius 1 is 1.32 bits per heavy atom. The number of nitrogens with zero attached hydrogens (tertiary/aromatic N) is 1. The van der Waals surface area contributed by atoms with Crippen molar-refractivity contribution in [2.75, 3.05) is 24.7 Å². The molecule has 1 aliphatic rings. The molecule has 0 aliphatic carbocycles. The molecule has 2 unspecified atom stereocenters. The third-order valence-corrected chi connectivity index (χ3v) is 5.89. The van der Waals surface area contributed by atoms with Crippen LogP contribution < -0.4 is 5.32 Å². The van der Waals surface area contributed by atoms with Crippen molar-refractivity contribution in [1.29, 1.82) is 0 Å². The minimum atomic E-state index is -1.04. The lowest BCUT2D eigenvalue weighted by molar-refractivity contribution is -0.148. The van der Waals surface area contributed by atoms with E-state index in [1.54, 1.807) is 18.7 Å². The molecule has 28 heavy (non-hydrogen) atoms. The highest BCUT2D eigenvalue weighted by atomic mass is 32.2. The second kappa shape index (κ2) is 11.1. The fourth-order valence-corrected chi connectivity index (χ4v) is 4.28. The Labute approximate surface area is 169 Å². The van der Waals surface area contributed by atoms with E-state index in [1.165, 1.54) is 4.90 Å². The molecule has 0 radical (unpaired) electrons. The van der Waals surface area contributed by atoms with E-state index in [0.717, 1.165) is 5.56 Å². The molecular weight excluding hydrogens is 380 g/mol. The van der Waals surface area contributed by atoms with E-state index >= 15 is 0 Å². The molecule has 0 spiro atoms. The highest BCUT2D eigenvalue weighted by Gasteiger charge is 2.35. The molecule has 1 amide bonds. The summed E-state index contributed by atoms with van der Waals surface area (Å²) in [7, 11) is 0. The zero-order chi connectivity index (χ0) is 20.5. The normalized spacial score (nSPS) is 21.1. The van der Waals surface area contributed by atoms with Crippen LogP contribution in [0.25, 0.3) is 0 Å². The number of carbonyl (C=O) groups is 3. The lowest BCUT2D eigenvalue weighted by Crippen LogP contribution is -2.55. The van der Waals surface area contributed by atoms with Crippen LogP contribution in [0.5, 0.6) is 0 Å². The maximum absolute atomic E-state index is 12.9.